The van der Waals surface area contributed by atoms with Crippen molar-refractivity contribution in [1.29, 1.82) is 0 Å². The van der Waals surface area contributed by atoms with Crippen molar-refractivity contribution in [2.24, 2.45) is 0 Å². The highest BCUT2D eigenvalue weighted by Crippen LogP contribution is 2.31. The van der Waals surface area contributed by atoms with Crippen LogP contribution in [0.4, 0.5) is 0 Å². The SMILES string of the molecule is CC(C)(C)Oc1ccc(/C=C/C(=O)c2ccc(O)cc2)c(OC(C)(C)C)c1. The number of benzene rings is 2. The monoisotopic (exact) mass is 368 g/mol. The number of hydrogen-bond acceptors (Lipinski definition) is 4. The Kier molecular flexibility index (Phi) is 5.99. The fraction of sp³-hybridized carbons (Fsp3) is 0.348. The lowest BCUT2D eigenvalue weighted by atomic mass is 10.1. The van der Waals surface area contributed by atoms with Crippen molar-refractivity contribution < 1.29 is 19.4 Å². The second-order valence-electron chi connectivity index (χ2n) is 8.37. The first kappa shape index (κ1) is 20.6. The van der Waals surface area contributed by atoms with E-state index in [9.17, 15) is 9.90 Å². The summed E-state index contributed by atoms with van der Waals surface area (Å²) in [6, 6.07) is 11.8. The first-order valence-electron chi connectivity index (χ1n) is 8.96. The molecule has 0 aliphatic carbocycles. The molecular formula is C23H28O4. The smallest absolute Gasteiger partial charge is 0.185 e. The molecule has 0 bridgehead atoms. The van der Waals surface area contributed by atoms with Crippen molar-refractivity contribution in [1.82, 2.24) is 0 Å². The van der Waals surface area contributed by atoms with Crippen LogP contribution in [0.25, 0.3) is 6.08 Å². The van der Waals surface area contributed by atoms with Crippen LogP contribution in [0.2, 0.25) is 0 Å². The highest BCUT2D eigenvalue weighted by atomic mass is 16.5. The lowest BCUT2D eigenvalue weighted by molar-refractivity contribution is 0.104. The molecule has 0 spiro atoms. The maximum Gasteiger partial charge on any atom is 0.185 e. The lowest BCUT2D eigenvalue weighted by Gasteiger charge is -2.25. The summed E-state index contributed by atoms with van der Waals surface area (Å²) in [6.45, 7) is 11.9. The van der Waals surface area contributed by atoms with Crippen LogP contribution in [-0.2, 0) is 0 Å². The topological polar surface area (TPSA) is 55.8 Å². The van der Waals surface area contributed by atoms with Crippen molar-refractivity contribution in [2.75, 3.05) is 0 Å². The molecule has 0 saturated heterocycles. The number of hydrogen-bond donors (Lipinski definition) is 1. The molecule has 4 heteroatoms. The second-order valence-corrected chi connectivity index (χ2v) is 8.37. The molecular weight excluding hydrogens is 340 g/mol. The van der Waals surface area contributed by atoms with Gasteiger partial charge >= 0.3 is 0 Å². The van der Waals surface area contributed by atoms with Crippen LogP contribution in [0.1, 0.15) is 57.5 Å². The van der Waals surface area contributed by atoms with Gasteiger partial charge in [0.05, 0.1) is 0 Å². The van der Waals surface area contributed by atoms with E-state index in [0.29, 0.717) is 17.1 Å². The largest absolute Gasteiger partial charge is 0.508 e. The molecule has 2 aromatic rings. The summed E-state index contributed by atoms with van der Waals surface area (Å²) in [7, 11) is 0. The Labute approximate surface area is 161 Å². The van der Waals surface area contributed by atoms with Crippen LogP contribution in [-0.4, -0.2) is 22.1 Å². The molecule has 0 fully saturated rings. The van der Waals surface area contributed by atoms with Crippen LogP contribution in [0.15, 0.2) is 48.5 Å². The van der Waals surface area contributed by atoms with E-state index in [1.807, 2.05) is 59.7 Å². The molecule has 2 rings (SSSR count). The zero-order valence-electron chi connectivity index (χ0n) is 16.9. The Morgan fingerprint density at radius 1 is 0.889 bits per heavy atom. The fourth-order valence-corrected chi connectivity index (χ4v) is 2.38. The number of ketones is 1. The summed E-state index contributed by atoms with van der Waals surface area (Å²) in [5, 5.41) is 9.34. The average Bonchev–Trinajstić information content (AvgIpc) is 2.51. The van der Waals surface area contributed by atoms with Crippen molar-refractivity contribution >= 4 is 11.9 Å². The summed E-state index contributed by atoms with van der Waals surface area (Å²) in [5.41, 5.74) is 0.600. The third-order valence-electron chi connectivity index (χ3n) is 3.39. The van der Waals surface area contributed by atoms with Crippen LogP contribution in [0.5, 0.6) is 17.2 Å². The molecule has 0 heterocycles. The third-order valence-corrected chi connectivity index (χ3v) is 3.39. The highest BCUT2D eigenvalue weighted by molar-refractivity contribution is 6.07. The van der Waals surface area contributed by atoms with E-state index in [4.69, 9.17) is 9.47 Å². The number of phenols is 1. The summed E-state index contributed by atoms with van der Waals surface area (Å²) in [5.74, 6) is 1.35. The minimum atomic E-state index is -0.385. The average molecular weight is 368 g/mol. The van der Waals surface area contributed by atoms with Crippen molar-refractivity contribution in [2.45, 2.75) is 52.7 Å². The molecule has 4 nitrogen and oxygen atoms in total. The standard InChI is InChI=1S/C23H28O4/c1-22(2,3)26-19-13-9-17(21(15-19)27-23(4,5)6)10-14-20(25)16-7-11-18(24)12-8-16/h7-15,24H,1-6H3/b14-10+. The number of rotatable bonds is 5. The van der Waals surface area contributed by atoms with Crippen molar-refractivity contribution in [3.05, 3.63) is 59.7 Å². The number of allylic oxidation sites excluding steroid dienone is 1. The fourth-order valence-electron chi connectivity index (χ4n) is 2.38. The third kappa shape index (κ3) is 6.81. The number of carbonyl (C=O) groups excluding carboxylic acids is 1. The molecule has 0 aromatic heterocycles. The first-order valence-corrected chi connectivity index (χ1v) is 8.96. The first-order chi connectivity index (χ1) is 12.4. The molecule has 144 valence electrons. The van der Waals surface area contributed by atoms with Crippen LogP contribution < -0.4 is 9.47 Å². The molecule has 0 saturated carbocycles. The molecule has 2 aromatic carbocycles. The van der Waals surface area contributed by atoms with Gasteiger partial charge < -0.3 is 14.6 Å². The number of ether oxygens (including phenoxy) is 2. The van der Waals surface area contributed by atoms with Gasteiger partial charge in [-0.2, -0.15) is 0 Å². The summed E-state index contributed by atoms with van der Waals surface area (Å²) in [4.78, 5) is 12.3. The maximum atomic E-state index is 12.3. The number of phenolic OH excluding ortho intramolecular Hbond substituents is 1. The van der Waals surface area contributed by atoms with E-state index in [-0.39, 0.29) is 22.7 Å². The lowest BCUT2D eigenvalue weighted by Crippen LogP contribution is -2.24. The number of carbonyl (C=O) groups is 1. The van der Waals surface area contributed by atoms with Crippen molar-refractivity contribution in [3.63, 3.8) is 0 Å². The van der Waals surface area contributed by atoms with Gasteiger partial charge in [0.25, 0.3) is 0 Å². The zero-order valence-corrected chi connectivity index (χ0v) is 16.9. The van der Waals surface area contributed by atoms with Gasteiger partial charge in [-0.05, 0) is 90.1 Å². The van der Waals surface area contributed by atoms with Gasteiger partial charge in [-0.15, -0.1) is 0 Å². The van der Waals surface area contributed by atoms with E-state index in [0.717, 1.165) is 5.56 Å². The molecule has 27 heavy (non-hydrogen) atoms. The molecule has 0 aliphatic heterocycles. The summed E-state index contributed by atoms with van der Waals surface area (Å²) in [6.07, 6.45) is 3.23. The zero-order chi connectivity index (χ0) is 20.2. The molecule has 1 N–H and O–H groups in total. The van der Waals surface area contributed by atoms with Crippen LogP contribution >= 0.6 is 0 Å². The van der Waals surface area contributed by atoms with Crippen LogP contribution in [0.3, 0.4) is 0 Å². The van der Waals surface area contributed by atoms with Gasteiger partial charge in [-0.3, -0.25) is 4.79 Å². The minimum absolute atomic E-state index is 0.130. The highest BCUT2D eigenvalue weighted by Gasteiger charge is 2.17. The second kappa shape index (κ2) is 7.87. The van der Waals surface area contributed by atoms with E-state index >= 15 is 0 Å². The quantitative estimate of drug-likeness (QED) is 0.548. The van der Waals surface area contributed by atoms with E-state index in [2.05, 4.69) is 0 Å². The Hall–Kier alpha value is -2.75. The van der Waals surface area contributed by atoms with E-state index in [1.165, 1.54) is 18.2 Å². The van der Waals surface area contributed by atoms with E-state index in [1.54, 1.807) is 18.2 Å². The summed E-state index contributed by atoms with van der Waals surface area (Å²) >= 11 is 0. The number of aromatic hydroxyl groups is 1. The predicted molar refractivity (Wildman–Crippen MR) is 109 cm³/mol. The van der Waals surface area contributed by atoms with Gasteiger partial charge in [0, 0.05) is 17.2 Å². The van der Waals surface area contributed by atoms with Gasteiger partial charge in [-0.1, -0.05) is 0 Å². The van der Waals surface area contributed by atoms with Crippen LogP contribution in [0, 0.1) is 0 Å². The maximum absolute atomic E-state index is 12.3. The van der Waals surface area contributed by atoms with Crippen molar-refractivity contribution in [3.8, 4) is 17.2 Å². The van der Waals surface area contributed by atoms with Gasteiger partial charge in [0.15, 0.2) is 5.78 Å². The molecule has 0 aliphatic rings. The minimum Gasteiger partial charge on any atom is -0.508 e. The normalized spacial score (nSPS) is 12.2. The van der Waals surface area contributed by atoms with Gasteiger partial charge in [0.1, 0.15) is 28.5 Å². The van der Waals surface area contributed by atoms with Gasteiger partial charge in [0.2, 0.25) is 0 Å². The Morgan fingerprint density at radius 3 is 2.04 bits per heavy atom. The molecule has 0 atom stereocenters. The molecule has 0 amide bonds. The molecule has 0 radical (unpaired) electrons. The molecule has 0 unspecified atom stereocenters. The van der Waals surface area contributed by atoms with Gasteiger partial charge in [-0.25, -0.2) is 0 Å². The summed E-state index contributed by atoms with van der Waals surface area (Å²) < 4.78 is 12.0. The Morgan fingerprint density at radius 2 is 1.48 bits per heavy atom. The Bertz CT molecular complexity index is 819. The Balaban J connectivity index is 2.30. The van der Waals surface area contributed by atoms with E-state index < -0.39 is 0 Å². The predicted octanol–water partition coefficient (Wildman–Crippen LogP) is 5.64.